The van der Waals surface area contributed by atoms with E-state index in [9.17, 15) is 34.1 Å². The zero-order valence-electron chi connectivity index (χ0n) is 24.0. The molecule has 10 heteroatoms. The number of aromatic carboxylic acids is 3. The Morgan fingerprint density at radius 1 is 0.762 bits per heavy atom. The summed E-state index contributed by atoms with van der Waals surface area (Å²) in [5, 5.41) is 55.3. The second-order valence-electron chi connectivity index (χ2n) is 10.8. The smallest absolute Gasteiger partial charge is 0.335 e. The van der Waals surface area contributed by atoms with Crippen molar-refractivity contribution in [3.05, 3.63) is 106 Å². The normalized spacial score (nSPS) is 15.0. The van der Waals surface area contributed by atoms with E-state index in [2.05, 4.69) is 0 Å². The molecule has 0 aromatic heterocycles. The summed E-state index contributed by atoms with van der Waals surface area (Å²) < 4.78 is 13.3. The van der Waals surface area contributed by atoms with Crippen LogP contribution in [0, 0.1) is 5.82 Å². The molecule has 1 atom stereocenters. The van der Waals surface area contributed by atoms with Gasteiger partial charge in [0.1, 0.15) is 5.82 Å². The van der Waals surface area contributed by atoms with Gasteiger partial charge in [0.05, 0.1) is 33.5 Å². The lowest BCUT2D eigenvalue weighted by atomic mass is 9.75. The van der Waals surface area contributed by atoms with E-state index in [4.69, 9.17) is 15.3 Å². The van der Waals surface area contributed by atoms with Crippen molar-refractivity contribution in [1.82, 2.24) is 0 Å². The first-order chi connectivity index (χ1) is 19.4. The minimum absolute atomic E-state index is 0.0856. The van der Waals surface area contributed by atoms with Gasteiger partial charge in [0.2, 0.25) is 0 Å². The Hall–Kier alpha value is -4.12. The average Bonchev–Trinajstić information content (AvgIpc) is 2.91. The Morgan fingerprint density at radius 2 is 1.19 bits per heavy atom. The van der Waals surface area contributed by atoms with Crippen molar-refractivity contribution in [2.75, 3.05) is 0 Å². The largest absolute Gasteiger partial charge is 0.478 e. The SMILES string of the molecule is CC(C)(O)c1ccc(C(=O)O)cc1F.CCC(C)(O)c1ccc(C(=O)O)cc1.O=C(O)c1ccc(C2(O)CCC2)cc1. The molecule has 9 nitrogen and oxygen atoms in total. The molecule has 1 aliphatic carbocycles. The number of carboxylic acids is 3. The summed E-state index contributed by atoms with van der Waals surface area (Å²) in [7, 11) is 0. The fraction of sp³-hybridized carbons (Fsp3) is 0.344. The molecule has 3 aromatic rings. The number of carboxylic acid groups (broad SMARTS) is 3. The molecule has 0 radical (unpaired) electrons. The molecule has 1 fully saturated rings. The van der Waals surface area contributed by atoms with Crippen LogP contribution in [0.5, 0.6) is 0 Å². The molecule has 1 unspecified atom stereocenters. The lowest BCUT2D eigenvalue weighted by molar-refractivity contribution is -0.0388. The standard InChI is InChI=1S/C11H12O3.C11H14O3.C10H11FO3/c12-10(13)8-2-4-9(5-3-8)11(14)6-1-7-11;1-3-11(2,14)9-6-4-8(5-7-9)10(12)13;1-10(2,14)7-4-3-6(9(12)13)5-8(7)11/h2-5,14H,1,6-7H2,(H,12,13);4-7,14H,3H2,1-2H3,(H,12,13);3-5,14H,1-2H3,(H,12,13). The first-order valence-electron chi connectivity index (χ1n) is 13.3. The molecular formula is C32H37FO9. The van der Waals surface area contributed by atoms with E-state index in [-0.39, 0.29) is 22.3 Å². The van der Waals surface area contributed by atoms with Crippen LogP contribution in [0.1, 0.15) is 101 Å². The highest BCUT2D eigenvalue weighted by atomic mass is 19.1. The Morgan fingerprint density at radius 3 is 1.52 bits per heavy atom. The number of hydrogen-bond acceptors (Lipinski definition) is 6. The van der Waals surface area contributed by atoms with E-state index < -0.39 is 40.5 Å². The molecule has 0 aliphatic heterocycles. The fourth-order valence-corrected chi connectivity index (χ4v) is 4.04. The molecule has 1 saturated carbocycles. The maximum atomic E-state index is 13.3. The van der Waals surface area contributed by atoms with Crippen molar-refractivity contribution in [2.45, 2.75) is 70.2 Å². The molecule has 0 spiro atoms. The van der Waals surface area contributed by atoms with Gasteiger partial charge in [0.15, 0.2) is 0 Å². The van der Waals surface area contributed by atoms with E-state index >= 15 is 0 Å². The second kappa shape index (κ2) is 13.7. The van der Waals surface area contributed by atoms with Crippen LogP contribution in [0.3, 0.4) is 0 Å². The minimum atomic E-state index is -1.30. The molecule has 1 aliphatic rings. The summed E-state index contributed by atoms with van der Waals surface area (Å²) in [6.07, 6.45) is 3.19. The van der Waals surface area contributed by atoms with Gasteiger partial charge in [-0.1, -0.05) is 37.3 Å². The molecule has 6 N–H and O–H groups in total. The third-order valence-corrected chi connectivity index (χ3v) is 7.17. The first kappa shape index (κ1) is 34.1. The Kier molecular flexibility index (Phi) is 11.1. The zero-order valence-corrected chi connectivity index (χ0v) is 24.0. The monoisotopic (exact) mass is 584 g/mol. The van der Waals surface area contributed by atoms with Gasteiger partial charge in [-0.15, -0.1) is 0 Å². The van der Waals surface area contributed by atoms with Crippen LogP contribution in [0.2, 0.25) is 0 Å². The lowest BCUT2D eigenvalue weighted by Gasteiger charge is -2.37. The van der Waals surface area contributed by atoms with Crippen LogP contribution < -0.4 is 0 Å². The molecule has 0 saturated heterocycles. The van der Waals surface area contributed by atoms with E-state index in [1.165, 1.54) is 50.2 Å². The van der Waals surface area contributed by atoms with Crippen molar-refractivity contribution < 1.29 is 49.4 Å². The molecule has 0 heterocycles. The van der Waals surface area contributed by atoms with Crippen LogP contribution in [0.15, 0.2) is 66.7 Å². The number of aliphatic hydroxyl groups is 3. The van der Waals surface area contributed by atoms with Gasteiger partial charge in [0, 0.05) is 5.56 Å². The predicted octanol–water partition coefficient (Wildman–Crippen LogP) is 5.51. The van der Waals surface area contributed by atoms with Crippen LogP contribution in [0.25, 0.3) is 0 Å². The maximum Gasteiger partial charge on any atom is 0.335 e. The van der Waals surface area contributed by atoms with Crippen molar-refractivity contribution in [3.8, 4) is 0 Å². The van der Waals surface area contributed by atoms with Crippen LogP contribution in [0.4, 0.5) is 4.39 Å². The number of benzene rings is 3. The van der Waals surface area contributed by atoms with Crippen LogP contribution >= 0.6 is 0 Å². The van der Waals surface area contributed by atoms with Crippen molar-refractivity contribution in [3.63, 3.8) is 0 Å². The molecular weight excluding hydrogens is 547 g/mol. The molecule has 0 amide bonds. The van der Waals surface area contributed by atoms with Gasteiger partial charge >= 0.3 is 17.9 Å². The quantitative estimate of drug-likeness (QED) is 0.209. The van der Waals surface area contributed by atoms with Crippen LogP contribution in [-0.4, -0.2) is 48.5 Å². The molecule has 0 bridgehead atoms. The van der Waals surface area contributed by atoms with Crippen molar-refractivity contribution in [2.24, 2.45) is 0 Å². The summed E-state index contributed by atoms with van der Waals surface area (Å²) >= 11 is 0. The van der Waals surface area contributed by atoms with E-state index in [0.717, 1.165) is 36.5 Å². The van der Waals surface area contributed by atoms with Crippen molar-refractivity contribution >= 4 is 17.9 Å². The Labute approximate surface area is 243 Å². The number of hydrogen-bond donors (Lipinski definition) is 6. The molecule has 42 heavy (non-hydrogen) atoms. The van der Waals surface area contributed by atoms with Gasteiger partial charge in [-0.3, -0.25) is 0 Å². The summed E-state index contributed by atoms with van der Waals surface area (Å²) in [6.45, 7) is 6.46. The third kappa shape index (κ3) is 8.94. The molecule has 3 aromatic carbocycles. The molecule has 226 valence electrons. The zero-order chi connectivity index (χ0) is 31.9. The fourth-order valence-electron chi connectivity index (χ4n) is 4.04. The third-order valence-electron chi connectivity index (χ3n) is 7.17. The van der Waals surface area contributed by atoms with E-state index in [1.54, 1.807) is 31.2 Å². The number of rotatable bonds is 7. The summed E-state index contributed by atoms with van der Waals surface area (Å²) in [4.78, 5) is 31.6. The van der Waals surface area contributed by atoms with Gasteiger partial charge in [-0.05, 0) is 94.0 Å². The van der Waals surface area contributed by atoms with E-state index in [1.807, 2.05) is 6.92 Å². The highest BCUT2D eigenvalue weighted by Crippen LogP contribution is 2.40. The highest BCUT2D eigenvalue weighted by Gasteiger charge is 2.36. The van der Waals surface area contributed by atoms with Gasteiger partial charge in [-0.25, -0.2) is 18.8 Å². The summed E-state index contributed by atoms with van der Waals surface area (Å²) in [6, 6.07) is 16.2. The van der Waals surface area contributed by atoms with Crippen LogP contribution in [-0.2, 0) is 16.8 Å². The van der Waals surface area contributed by atoms with Gasteiger partial charge < -0.3 is 30.6 Å². The van der Waals surface area contributed by atoms with E-state index in [0.29, 0.717) is 6.42 Å². The maximum absolute atomic E-state index is 13.3. The second-order valence-corrected chi connectivity index (χ2v) is 10.8. The highest BCUT2D eigenvalue weighted by molar-refractivity contribution is 5.88. The number of carbonyl (C=O) groups is 3. The van der Waals surface area contributed by atoms with Gasteiger partial charge in [0.25, 0.3) is 0 Å². The topological polar surface area (TPSA) is 173 Å². The Balaban J connectivity index is 0.000000220. The summed E-state index contributed by atoms with van der Waals surface area (Å²) in [5.74, 6) is -3.78. The van der Waals surface area contributed by atoms with Crippen molar-refractivity contribution in [1.29, 1.82) is 0 Å². The predicted molar refractivity (Wildman–Crippen MR) is 153 cm³/mol. The average molecular weight is 585 g/mol. The molecule has 4 rings (SSSR count). The lowest BCUT2D eigenvalue weighted by Crippen LogP contribution is -2.33. The number of halogens is 1. The minimum Gasteiger partial charge on any atom is -0.478 e. The van der Waals surface area contributed by atoms with Gasteiger partial charge in [-0.2, -0.15) is 0 Å². The summed E-state index contributed by atoms with van der Waals surface area (Å²) in [5.41, 5.74) is -0.857. The Bertz CT molecular complexity index is 1320. The first-order valence-corrected chi connectivity index (χ1v) is 13.3.